The molecule has 0 spiro atoms. The van der Waals surface area contributed by atoms with E-state index in [-0.39, 0.29) is 6.17 Å². The van der Waals surface area contributed by atoms with Crippen LogP contribution in [-0.4, -0.2) is 16.7 Å². The van der Waals surface area contributed by atoms with E-state index in [1.807, 2.05) is 41.8 Å². The molecule has 1 aliphatic rings. The van der Waals surface area contributed by atoms with Crippen molar-refractivity contribution in [3.05, 3.63) is 175 Å². The van der Waals surface area contributed by atoms with Gasteiger partial charge in [-0.2, -0.15) is 0 Å². The molecule has 9 aromatic rings. The Morgan fingerprint density at radius 2 is 1.27 bits per heavy atom. The van der Waals surface area contributed by atoms with Crippen molar-refractivity contribution in [1.29, 1.82) is 0 Å². The van der Waals surface area contributed by atoms with Gasteiger partial charge in [0.25, 0.3) is 0 Å². The zero-order chi connectivity index (χ0) is 32.3. The summed E-state index contributed by atoms with van der Waals surface area (Å²) in [6.45, 7) is 0. The molecule has 1 aliphatic heterocycles. The molecule has 3 heterocycles. The number of rotatable bonds is 4. The summed E-state index contributed by atoms with van der Waals surface area (Å²) in [4.78, 5) is 14.9. The summed E-state index contributed by atoms with van der Waals surface area (Å²) in [5.41, 5.74) is 6.49. The average Bonchev–Trinajstić information content (AvgIpc) is 3.55. The van der Waals surface area contributed by atoms with Crippen molar-refractivity contribution in [2.45, 2.75) is 6.17 Å². The van der Waals surface area contributed by atoms with Crippen molar-refractivity contribution in [3.8, 4) is 11.1 Å². The van der Waals surface area contributed by atoms with Crippen LogP contribution in [-0.2, 0) is 0 Å². The summed E-state index contributed by atoms with van der Waals surface area (Å²) in [6, 6.07) is 53.8. The Labute approximate surface area is 286 Å². The highest BCUT2D eigenvalue weighted by molar-refractivity contribution is 7.25. The first-order valence-corrected chi connectivity index (χ1v) is 17.3. The largest absolute Gasteiger partial charge is 0.344 e. The van der Waals surface area contributed by atoms with E-state index in [1.165, 1.54) is 52.7 Å². The number of hydrogen-bond donors (Lipinski definition) is 1. The second-order valence-corrected chi connectivity index (χ2v) is 13.5. The van der Waals surface area contributed by atoms with Crippen LogP contribution in [0.4, 0.5) is 0 Å². The van der Waals surface area contributed by atoms with E-state index in [4.69, 9.17) is 9.98 Å². The van der Waals surface area contributed by atoms with Gasteiger partial charge in [-0.05, 0) is 68.6 Å². The second kappa shape index (κ2) is 11.2. The minimum absolute atomic E-state index is 0.293. The van der Waals surface area contributed by atoms with Gasteiger partial charge in [0.05, 0.1) is 5.52 Å². The normalized spacial score (nSPS) is 14.7. The minimum Gasteiger partial charge on any atom is -0.344 e. The van der Waals surface area contributed by atoms with Gasteiger partial charge in [0.1, 0.15) is 12.0 Å². The number of aromatic nitrogens is 1. The fourth-order valence-corrected chi connectivity index (χ4v) is 8.34. The van der Waals surface area contributed by atoms with Crippen LogP contribution in [0.15, 0.2) is 168 Å². The minimum atomic E-state index is -0.293. The summed E-state index contributed by atoms with van der Waals surface area (Å²) in [5.74, 6) is 1.55. The van der Waals surface area contributed by atoms with E-state index in [2.05, 4.69) is 138 Å². The molecule has 1 N–H and O–H groups in total. The molecule has 7 aromatic carbocycles. The highest BCUT2D eigenvalue weighted by Gasteiger charge is 2.22. The molecule has 1 unspecified atom stereocenters. The zero-order valence-corrected chi connectivity index (χ0v) is 27.2. The molecule has 0 saturated heterocycles. The van der Waals surface area contributed by atoms with E-state index in [0.29, 0.717) is 0 Å². The van der Waals surface area contributed by atoms with Gasteiger partial charge in [-0.3, -0.25) is 4.98 Å². The third kappa shape index (κ3) is 4.70. The summed E-state index contributed by atoms with van der Waals surface area (Å²) in [5, 5.41) is 12.3. The fourth-order valence-electron chi connectivity index (χ4n) is 7.19. The van der Waals surface area contributed by atoms with Gasteiger partial charge in [0, 0.05) is 42.9 Å². The van der Waals surface area contributed by atoms with Crippen molar-refractivity contribution in [2.75, 3.05) is 0 Å². The number of pyridine rings is 1. The fraction of sp³-hybridized carbons (Fsp3) is 0.0227. The molecule has 0 fully saturated rings. The molecular weight excluding hydrogens is 617 g/mol. The maximum absolute atomic E-state index is 5.14. The highest BCUT2D eigenvalue weighted by Crippen LogP contribution is 2.39. The van der Waals surface area contributed by atoms with Crippen molar-refractivity contribution < 1.29 is 0 Å². The molecule has 230 valence electrons. The lowest BCUT2D eigenvalue weighted by Crippen LogP contribution is -2.33. The maximum Gasteiger partial charge on any atom is 0.159 e. The summed E-state index contributed by atoms with van der Waals surface area (Å²) >= 11 is 1.82. The van der Waals surface area contributed by atoms with Crippen molar-refractivity contribution in [3.63, 3.8) is 0 Å². The monoisotopic (exact) mass is 644 g/mol. The Morgan fingerprint density at radius 3 is 2.16 bits per heavy atom. The van der Waals surface area contributed by atoms with Gasteiger partial charge in [0.15, 0.2) is 5.84 Å². The molecule has 10 rings (SSSR count). The van der Waals surface area contributed by atoms with Crippen LogP contribution in [0.5, 0.6) is 0 Å². The first-order valence-electron chi connectivity index (χ1n) is 16.5. The smallest absolute Gasteiger partial charge is 0.159 e. The van der Waals surface area contributed by atoms with Crippen LogP contribution < -0.4 is 5.32 Å². The Hall–Kier alpha value is -6.17. The number of hydrogen-bond acceptors (Lipinski definition) is 5. The van der Waals surface area contributed by atoms with Gasteiger partial charge < -0.3 is 5.32 Å². The molecule has 0 radical (unpaired) electrons. The van der Waals surface area contributed by atoms with Crippen molar-refractivity contribution in [1.82, 2.24) is 10.3 Å². The second-order valence-electron chi connectivity index (χ2n) is 12.5. The number of amidine groups is 2. The number of fused-ring (bicyclic) bond motifs is 8. The third-order valence-electron chi connectivity index (χ3n) is 9.57. The van der Waals surface area contributed by atoms with Crippen LogP contribution in [0, 0.1) is 0 Å². The Bertz CT molecular complexity index is 2780. The van der Waals surface area contributed by atoms with Crippen LogP contribution >= 0.6 is 11.3 Å². The van der Waals surface area contributed by atoms with Gasteiger partial charge in [-0.1, -0.05) is 121 Å². The van der Waals surface area contributed by atoms with E-state index >= 15 is 0 Å². The molecule has 0 saturated carbocycles. The van der Waals surface area contributed by atoms with Gasteiger partial charge in [0.2, 0.25) is 0 Å². The molecule has 5 heteroatoms. The number of nitrogens with zero attached hydrogens (tertiary/aromatic N) is 3. The highest BCUT2D eigenvalue weighted by atomic mass is 32.1. The number of benzene rings is 7. The van der Waals surface area contributed by atoms with E-state index < -0.39 is 0 Å². The molecule has 1 atom stereocenters. The lowest BCUT2D eigenvalue weighted by atomic mass is 9.91. The predicted molar refractivity (Wildman–Crippen MR) is 207 cm³/mol. The van der Waals surface area contributed by atoms with Crippen LogP contribution in [0.3, 0.4) is 0 Å². The van der Waals surface area contributed by atoms with Crippen LogP contribution in [0.2, 0.25) is 0 Å². The number of thiophene rings is 1. The third-order valence-corrected chi connectivity index (χ3v) is 10.7. The molecule has 0 bridgehead atoms. The molecule has 49 heavy (non-hydrogen) atoms. The molecule has 2 aromatic heterocycles. The van der Waals surface area contributed by atoms with Crippen molar-refractivity contribution in [2.24, 2.45) is 9.98 Å². The number of nitrogens with one attached hydrogen (secondary N) is 1. The lowest BCUT2D eigenvalue weighted by molar-refractivity contribution is 0.674. The SMILES string of the molecule is c1ccc(C2=NC(c3ccc(-c4cc5ccccc5c5c4ccc4ncccc45)cc3)NC(c3ccc4c(c3)sc3ccccc34)=N2)cc1. The van der Waals surface area contributed by atoms with Crippen molar-refractivity contribution >= 4 is 75.6 Å². The molecule has 0 amide bonds. The molecular formula is C44H28N4S. The predicted octanol–water partition coefficient (Wildman–Crippen LogP) is 11.1. The molecule has 0 aliphatic carbocycles. The Kier molecular flexibility index (Phi) is 6.39. The zero-order valence-electron chi connectivity index (χ0n) is 26.3. The quantitative estimate of drug-likeness (QED) is 0.194. The van der Waals surface area contributed by atoms with Crippen LogP contribution in [0.1, 0.15) is 22.9 Å². The Balaban J connectivity index is 1.07. The summed E-state index contributed by atoms with van der Waals surface area (Å²) < 4.78 is 2.54. The first-order chi connectivity index (χ1) is 24.3. The maximum atomic E-state index is 5.14. The van der Waals surface area contributed by atoms with Crippen LogP contribution in [0.25, 0.3) is 63.7 Å². The topological polar surface area (TPSA) is 49.6 Å². The van der Waals surface area contributed by atoms with E-state index in [0.717, 1.165) is 39.4 Å². The molecule has 4 nitrogen and oxygen atoms in total. The number of aliphatic imine (C=N–C) groups is 2. The average molecular weight is 645 g/mol. The van der Waals surface area contributed by atoms with E-state index in [9.17, 15) is 0 Å². The first kappa shape index (κ1) is 27.9. The van der Waals surface area contributed by atoms with Gasteiger partial charge >= 0.3 is 0 Å². The standard InChI is InChI=1S/C44H28N4S/c1-2-9-28(10-3-1)42-46-43(48-44(47-42)31-20-21-34-33-13-6-7-15-39(33)49-40(34)26-31)29-18-16-27(17-19-29)37-25-30-11-4-5-12-32(30)41-35(37)22-23-38-36(41)14-8-24-45-38/h1-26,43H,(H,46,47,48). The Morgan fingerprint density at radius 1 is 0.531 bits per heavy atom. The van der Waals surface area contributed by atoms with E-state index in [1.54, 1.807) is 0 Å². The van der Waals surface area contributed by atoms with Gasteiger partial charge in [-0.15, -0.1) is 11.3 Å². The lowest BCUT2D eigenvalue weighted by Gasteiger charge is -2.24. The summed E-state index contributed by atoms with van der Waals surface area (Å²) in [6.07, 6.45) is 1.57. The summed E-state index contributed by atoms with van der Waals surface area (Å²) in [7, 11) is 0. The van der Waals surface area contributed by atoms with Gasteiger partial charge in [-0.25, -0.2) is 9.98 Å².